The highest BCUT2D eigenvalue weighted by atomic mass is 16.4. The van der Waals surface area contributed by atoms with Gasteiger partial charge in [0.25, 0.3) is 0 Å². The number of hydrogen-bond donors (Lipinski definition) is 1. The number of carbonyl (C=O) groups is 1. The molecule has 3 heteroatoms. The van der Waals surface area contributed by atoms with E-state index in [4.69, 9.17) is 0 Å². The molecule has 1 unspecified atom stereocenters. The zero-order chi connectivity index (χ0) is 15.5. The second-order valence-corrected chi connectivity index (χ2v) is 6.62. The Hall–Kier alpha value is -1.35. The average molecular weight is 289 g/mol. The minimum absolute atomic E-state index is 0.163. The van der Waals surface area contributed by atoms with Crippen LogP contribution < -0.4 is 0 Å². The number of benzene rings is 1. The molecule has 1 atom stereocenters. The number of hydrogen-bond acceptors (Lipinski definition) is 2. The van der Waals surface area contributed by atoms with Crippen molar-refractivity contribution in [3.63, 3.8) is 0 Å². The van der Waals surface area contributed by atoms with Crippen LogP contribution in [0.2, 0.25) is 0 Å². The van der Waals surface area contributed by atoms with Crippen LogP contribution in [0.25, 0.3) is 0 Å². The minimum Gasteiger partial charge on any atom is -0.481 e. The first-order valence-electron chi connectivity index (χ1n) is 7.97. The van der Waals surface area contributed by atoms with Gasteiger partial charge in [0.2, 0.25) is 0 Å². The Balaban J connectivity index is 2.41. The molecule has 2 rings (SSSR count). The topological polar surface area (TPSA) is 40.5 Å². The van der Waals surface area contributed by atoms with E-state index >= 15 is 0 Å². The Bertz CT molecular complexity index is 484. The summed E-state index contributed by atoms with van der Waals surface area (Å²) in [4.78, 5) is 13.9. The Morgan fingerprint density at radius 3 is 2.10 bits per heavy atom. The summed E-state index contributed by atoms with van der Waals surface area (Å²) in [6, 6.07) is 6.45. The van der Waals surface area contributed by atoms with Crippen LogP contribution in [-0.4, -0.2) is 29.1 Å². The van der Waals surface area contributed by atoms with Crippen LogP contribution in [0.3, 0.4) is 0 Å². The molecule has 1 aliphatic heterocycles. The summed E-state index contributed by atoms with van der Waals surface area (Å²) in [5.74, 6) is -0.721. The summed E-state index contributed by atoms with van der Waals surface area (Å²) in [6.07, 6.45) is 5.01. The van der Waals surface area contributed by atoms with E-state index < -0.39 is 11.5 Å². The van der Waals surface area contributed by atoms with Gasteiger partial charge in [-0.05, 0) is 52.3 Å². The highest BCUT2D eigenvalue weighted by Crippen LogP contribution is 2.35. The van der Waals surface area contributed by atoms with Crippen LogP contribution in [-0.2, 0) is 10.3 Å². The molecule has 0 radical (unpaired) electrons. The van der Waals surface area contributed by atoms with Crippen molar-refractivity contribution in [1.82, 2.24) is 4.90 Å². The molecule has 1 aromatic carbocycles. The molecule has 1 heterocycles. The molecule has 0 saturated carbocycles. The predicted octanol–water partition coefficient (Wildman–Crippen LogP) is 3.87. The van der Waals surface area contributed by atoms with E-state index in [0.717, 1.165) is 18.7 Å². The second-order valence-electron chi connectivity index (χ2n) is 6.62. The first kappa shape index (κ1) is 16.0. The molecule has 0 aromatic heterocycles. The number of rotatable bonds is 4. The van der Waals surface area contributed by atoms with Gasteiger partial charge in [-0.3, -0.25) is 9.69 Å². The molecule has 116 valence electrons. The number of aryl methyl sites for hydroxylation is 2. The van der Waals surface area contributed by atoms with E-state index in [0.29, 0.717) is 0 Å². The van der Waals surface area contributed by atoms with E-state index in [9.17, 15) is 9.90 Å². The van der Waals surface area contributed by atoms with Gasteiger partial charge in [0.05, 0.1) is 12.0 Å². The smallest absolute Gasteiger partial charge is 0.305 e. The summed E-state index contributed by atoms with van der Waals surface area (Å²) >= 11 is 0. The van der Waals surface area contributed by atoms with Crippen molar-refractivity contribution in [2.24, 2.45) is 0 Å². The van der Waals surface area contributed by atoms with Crippen molar-refractivity contribution >= 4 is 5.97 Å². The fourth-order valence-corrected chi connectivity index (χ4v) is 3.54. The number of carboxylic acids is 1. The lowest BCUT2D eigenvalue weighted by molar-refractivity contribution is -0.140. The lowest BCUT2D eigenvalue weighted by Gasteiger charge is -2.41. The van der Waals surface area contributed by atoms with Gasteiger partial charge in [0.15, 0.2) is 0 Å². The zero-order valence-electron chi connectivity index (χ0n) is 13.5. The first-order chi connectivity index (χ1) is 9.91. The Kier molecular flexibility index (Phi) is 5.04. The SMILES string of the molecule is Cc1cc(C)cc(C(C)(CC(=O)O)N2CCCCCC2)c1. The molecule has 1 fully saturated rings. The lowest BCUT2D eigenvalue weighted by Crippen LogP contribution is -2.46. The highest BCUT2D eigenvalue weighted by Gasteiger charge is 2.36. The normalized spacial score (nSPS) is 19.8. The van der Waals surface area contributed by atoms with Gasteiger partial charge in [0.1, 0.15) is 0 Å². The third-order valence-corrected chi connectivity index (χ3v) is 4.64. The van der Waals surface area contributed by atoms with E-state index in [2.05, 4.69) is 43.9 Å². The van der Waals surface area contributed by atoms with Gasteiger partial charge in [-0.15, -0.1) is 0 Å². The third-order valence-electron chi connectivity index (χ3n) is 4.64. The molecule has 1 aromatic rings. The molecule has 1 saturated heterocycles. The van der Waals surface area contributed by atoms with Gasteiger partial charge in [-0.25, -0.2) is 0 Å². The fourth-order valence-electron chi connectivity index (χ4n) is 3.54. The molecule has 3 nitrogen and oxygen atoms in total. The van der Waals surface area contributed by atoms with E-state index in [1.165, 1.54) is 36.8 Å². The highest BCUT2D eigenvalue weighted by molar-refractivity contribution is 5.69. The van der Waals surface area contributed by atoms with E-state index in [1.807, 2.05) is 0 Å². The minimum atomic E-state index is -0.721. The monoisotopic (exact) mass is 289 g/mol. The molecule has 0 amide bonds. The second kappa shape index (κ2) is 6.61. The standard InChI is InChI=1S/C18H27NO2/c1-14-10-15(2)12-16(11-14)18(3,13-17(20)21)19-8-6-4-5-7-9-19/h10-12H,4-9,13H2,1-3H3,(H,20,21). The van der Waals surface area contributed by atoms with Crippen LogP contribution in [0.5, 0.6) is 0 Å². The Morgan fingerprint density at radius 2 is 1.62 bits per heavy atom. The number of carboxylic acid groups (broad SMARTS) is 1. The number of aliphatic carboxylic acids is 1. The van der Waals surface area contributed by atoms with E-state index in [1.54, 1.807) is 0 Å². The average Bonchev–Trinajstić information content (AvgIpc) is 2.65. The summed E-state index contributed by atoms with van der Waals surface area (Å²) in [5.41, 5.74) is 3.14. The van der Waals surface area contributed by atoms with Crippen molar-refractivity contribution in [3.05, 3.63) is 34.9 Å². The summed E-state index contributed by atoms with van der Waals surface area (Å²) < 4.78 is 0. The quantitative estimate of drug-likeness (QED) is 0.914. The molecule has 0 aliphatic carbocycles. The lowest BCUT2D eigenvalue weighted by atomic mass is 9.84. The molecular weight excluding hydrogens is 262 g/mol. The van der Waals surface area contributed by atoms with Crippen LogP contribution in [0, 0.1) is 13.8 Å². The maximum atomic E-state index is 11.5. The Morgan fingerprint density at radius 1 is 1.10 bits per heavy atom. The van der Waals surface area contributed by atoms with Gasteiger partial charge < -0.3 is 5.11 Å². The molecule has 0 spiro atoms. The van der Waals surface area contributed by atoms with Crippen LogP contribution >= 0.6 is 0 Å². The van der Waals surface area contributed by atoms with Gasteiger partial charge in [0, 0.05) is 0 Å². The van der Waals surface area contributed by atoms with Crippen molar-refractivity contribution in [2.45, 2.75) is 58.4 Å². The molecule has 21 heavy (non-hydrogen) atoms. The number of nitrogens with zero attached hydrogens (tertiary/aromatic N) is 1. The fraction of sp³-hybridized carbons (Fsp3) is 0.611. The maximum Gasteiger partial charge on any atom is 0.305 e. The summed E-state index contributed by atoms with van der Waals surface area (Å²) in [6.45, 7) is 8.26. The molecule has 1 N–H and O–H groups in total. The molecular formula is C18H27NO2. The van der Waals surface area contributed by atoms with Crippen molar-refractivity contribution in [2.75, 3.05) is 13.1 Å². The Labute approximate surface area is 128 Å². The zero-order valence-corrected chi connectivity index (χ0v) is 13.5. The maximum absolute atomic E-state index is 11.5. The molecule has 1 aliphatic rings. The third kappa shape index (κ3) is 3.85. The summed E-state index contributed by atoms with van der Waals surface area (Å²) in [7, 11) is 0. The molecule has 0 bridgehead atoms. The van der Waals surface area contributed by atoms with Crippen molar-refractivity contribution < 1.29 is 9.90 Å². The van der Waals surface area contributed by atoms with Crippen LogP contribution in [0.1, 0.15) is 55.7 Å². The van der Waals surface area contributed by atoms with E-state index in [-0.39, 0.29) is 6.42 Å². The van der Waals surface area contributed by atoms with Crippen molar-refractivity contribution in [1.29, 1.82) is 0 Å². The van der Waals surface area contributed by atoms with Gasteiger partial charge >= 0.3 is 5.97 Å². The largest absolute Gasteiger partial charge is 0.481 e. The van der Waals surface area contributed by atoms with Crippen molar-refractivity contribution in [3.8, 4) is 0 Å². The predicted molar refractivity (Wildman–Crippen MR) is 85.6 cm³/mol. The van der Waals surface area contributed by atoms with Gasteiger partial charge in [-0.2, -0.15) is 0 Å². The van der Waals surface area contributed by atoms with Crippen LogP contribution in [0.15, 0.2) is 18.2 Å². The summed E-state index contributed by atoms with van der Waals surface area (Å²) in [5, 5.41) is 9.42. The van der Waals surface area contributed by atoms with Crippen LogP contribution in [0.4, 0.5) is 0 Å². The number of likely N-dealkylation sites (tertiary alicyclic amines) is 1. The first-order valence-corrected chi connectivity index (χ1v) is 7.97. The van der Waals surface area contributed by atoms with Gasteiger partial charge in [-0.1, -0.05) is 42.2 Å².